The maximum absolute atomic E-state index is 6.03. The second-order valence-corrected chi connectivity index (χ2v) is 5.73. The van der Waals surface area contributed by atoms with Gasteiger partial charge in [0.2, 0.25) is 0 Å². The van der Waals surface area contributed by atoms with Gasteiger partial charge < -0.3 is 16.0 Å². The predicted octanol–water partition coefficient (Wildman–Crippen LogP) is 1.96. The zero-order chi connectivity index (χ0) is 14.1. The SMILES string of the molecule is CC1CN(C)CCC1Nc1nc2ccccc2nc1N. The van der Waals surface area contributed by atoms with E-state index in [1.165, 1.54) is 0 Å². The third-order valence-electron chi connectivity index (χ3n) is 4.03. The number of fused-ring (bicyclic) bond motifs is 1. The zero-order valence-electron chi connectivity index (χ0n) is 12.0. The fraction of sp³-hybridized carbons (Fsp3) is 0.467. The minimum absolute atomic E-state index is 0.406. The molecule has 0 saturated carbocycles. The maximum Gasteiger partial charge on any atom is 0.169 e. The van der Waals surface area contributed by atoms with Gasteiger partial charge in [0.25, 0.3) is 0 Å². The minimum Gasteiger partial charge on any atom is -0.381 e. The molecule has 1 aromatic heterocycles. The van der Waals surface area contributed by atoms with Crippen molar-refractivity contribution in [2.75, 3.05) is 31.2 Å². The summed E-state index contributed by atoms with van der Waals surface area (Å²) in [6.45, 7) is 4.46. The number of nitrogens with two attached hydrogens (primary N) is 1. The highest BCUT2D eigenvalue weighted by Gasteiger charge is 2.25. The lowest BCUT2D eigenvalue weighted by Gasteiger charge is -2.35. The van der Waals surface area contributed by atoms with Gasteiger partial charge in [0, 0.05) is 12.6 Å². The number of anilines is 2. The first-order chi connectivity index (χ1) is 9.63. The van der Waals surface area contributed by atoms with Crippen molar-refractivity contribution in [2.24, 2.45) is 5.92 Å². The number of piperidine rings is 1. The Morgan fingerprint density at radius 2 is 1.95 bits per heavy atom. The standard InChI is InChI=1S/C15H21N5/c1-10-9-20(2)8-7-11(10)18-15-14(16)17-12-5-3-4-6-13(12)19-15/h3-6,10-11H,7-9H2,1-2H3,(H2,16,17)(H,18,19). The second-order valence-electron chi connectivity index (χ2n) is 5.73. The fourth-order valence-electron chi connectivity index (χ4n) is 2.86. The monoisotopic (exact) mass is 271 g/mol. The zero-order valence-corrected chi connectivity index (χ0v) is 12.0. The Morgan fingerprint density at radius 1 is 1.25 bits per heavy atom. The average Bonchev–Trinajstić information content (AvgIpc) is 2.42. The number of rotatable bonds is 2. The third-order valence-corrected chi connectivity index (χ3v) is 4.03. The lowest BCUT2D eigenvalue weighted by atomic mass is 9.94. The van der Waals surface area contributed by atoms with Crippen LogP contribution in [0.25, 0.3) is 11.0 Å². The van der Waals surface area contributed by atoms with Crippen molar-refractivity contribution in [1.29, 1.82) is 0 Å². The summed E-state index contributed by atoms with van der Waals surface area (Å²) in [5.74, 6) is 1.77. The molecule has 1 aromatic carbocycles. The number of para-hydroxylation sites is 2. The van der Waals surface area contributed by atoms with Gasteiger partial charge in [-0.3, -0.25) is 0 Å². The molecule has 0 bridgehead atoms. The number of nitrogens with zero attached hydrogens (tertiary/aromatic N) is 3. The van der Waals surface area contributed by atoms with Crippen molar-refractivity contribution < 1.29 is 0 Å². The second kappa shape index (κ2) is 5.25. The Morgan fingerprint density at radius 3 is 2.65 bits per heavy atom. The summed E-state index contributed by atoms with van der Waals surface area (Å²) in [6, 6.07) is 8.22. The number of hydrogen-bond donors (Lipinski definition) is 2. The van der Waals surface area contributed by atoms with Crippen molar-refractivity contribution in [3.8, 4) is 0 Å². The molecular weight excluding hydrogens is 250 g/mol. The molecule has 3 rings (SSSR count). The van der Waals surface area contributed by atoms with E-state index >= 15 is 0 Å². The molecule has 2 heterocycles. The molecule has 5 nitrogen and oxygen atoms in total. The molecule has 106 valence electrons. The minimum atomic E-state index is 0.406. The Bertz CT molecular complexity index is 612. The Labute approximate surface area is 119 Å². The van der Waals surface area contributed by atoms with Crippen LogP contribution in [0.2, 0.25) is 0 Å². The number of nitrogen functional groups attached to an aromatic ring is 1. The summed E-state index contributed by atoms with van der Waals surface area (Å²) >= 11 is 0. The summed E-state index contributed by atoms with van der Waals surface area (Å²) in [7, 11) is 2.16. The number of likely N-dealkylation sites (tertiary alicyclic amines) is 1. The summed E-state index contributed by atoms with van der Waals surface area (Å²) in [5, 5.41) is 3.49. The predicted molar refractivity (Wildman–Crippen MR) is 82.6 cm³/mol. The van der Waals surface area contributed by atoms with Crippen molar-refractivity contribution in [3.63, 3.8) is 0 Å². The highest BCUT2D eigenvalue weighted by atomic mass is 15.1. The molecule has 1 saturated heterocycles. The van der Waals surface area contributed by atoms with Gasteiger partial charge in [-0.1, -0.05) is 19.1 Å². The smallest absolute Gasteiger partial charge is 0.169 e. The number of benzene rings is 1. The van der Waals surface area contributed by atoms with Crippen LogP contribution in [0.4, 0.5) is 11.6 Å². The molecule has 5 heteroatoms. The quantitative estimate of drug-likeness (QED) is 0.874. The lowest BCUT2D eigenvalue weighted by molar-refractivity contribution is 0.206. The first-order valence-corrected chi connectivity index (χ1v) is 7.11. The van der Waals surface area contributed by atoms with Gasteiger partial charge in [-0.25, -0.2) is 9.97 Å². The van der Waals surface area contributed by atoms with Crippen LogP contribution in [-0.2, 0) is 0 Å². The van der Waals surface area contributed by atoms with Gasteiger partial charge in [-0.15, -0.1) is 0 Å². The van der Waals surface area contributed by atoms with E-state index in [0.717, 1.165) is 30.5 Å². The van der Waals surface area contributed by atoms with Crippen LogP contribution in [0.15, 0.2) is 24.3 Å². The molecule has 1 aliphatic heterocycles. The van der Waals surface area contributed by atoms with Crippen LogP contribution in [0, 0.1) is 5.92 Å². The highest BCUT2D eigenvalue weighted by molar-refractivity contribution is 5.79. The van der Waals surface area contributed by atoms with Crippen LogP contribution in [-0.4, -0.2) is 41.0 Å². The van der Waals surface area contributed by atoms with Crippen LogP contribution in [0.5, 0.6) is 0 Å². The van der Waals surface area contributed by atoms with Crippen LogP contribution in [0.3, 0.4) is 0 Å². The first-order valence-electron chi connectivity index (χ1n) is 7.11. The molecule has 2 atom stereocenters. The van der Waals surface area contributed by atoms with Crippen LogP contribution < -0.4 is 11.1 Å². The van der Waals surface area contributed by atoms with Crippen molar-refractivity contribution in [3.05, 3.63) is 24.3 Å². The molecule has 0 aliphatic carbocycles. The Kier molecular flexibility index (Phi) is 3.44. The number of aromatic nitrogens is 2. The summed E-state index contributed by atoms with van der Waals surface area (Å²) in [6.07, 6.45) is 1.10. The van der Waals surface area contributed by atoms with Gasteiger partial charge in [-0.2, -0.15) is 0 Å². The number of nitrogens with one attached hydrogen (secondary N) is 1. The lowest BCUT2D eigenvalue weighted by Crippen LogP contribution is -2.43. The van der Waals surface area contributed by atoms with Gasteiger partial charge in [-0.05, 0) is 38.1 Å². The first kappa shape index (κ1) is 13.1. The molecule has 0 radical (unpaired) electrons. The third kappa shape index (κ3) is 2.54. The van der Waals surface area contributed by atoms with Crippen molar-refractivity contribution >= 4 is 22.7 Å². The number of hydrogen-bond acceptors (Lipinski definition) is 5. The molecule has 2 unspecified atom stereocenters. The van der Waals surface area contributed by atoms with Crippen molar-refractivity contribution in [1.82, 2.24) is 14.9 Å². The molecule has 1 aliphatic rings. The average molecular weight is 271 g/mol. The molecule has 20 heavy (non-hydrogen) atoms. The van der Waals surface area contributed by atoms with Crippen LogP contribution >= 0.6 is 0 Å². The molecule has 2 aromatic rings. The summed E-state index contributed by atoms with van der Waals surface area (Å²) in [5.41, 5.74) is 7.75. The summed E-state index contributed by atoms with van der Waals surface area (Å²) in [4.78, 5) is 11.4. The van der Waals surface area contributed by atoms with Gasteiger partial charge in [0.05, 0.1) is 11.0 Å². The molecule has 3 N–H and O–H groups in total. The molecule has 1 fully saturated rings. The maximum atomic E-state index is 6.03. The normalized spacial score (nSPS) is 23.9. The topological polar surface area (TPSA) is 67.1 Å². The van der Waals surface area contributed by atoms with E-state index in [-0.39, 0.29) is 0 Å². The summed E-state index contributed by atoms with van der Waals surface area (Å²) < 4.78 is 0. The van der Waals surface area contributed by atoms with E-state index in [4.69, 9.17) is 5.73 Å². The van der Waals surface area contributed by atoms with E-state index < -0.39 is 0 Å². The van der Waals surface area contributed by atoms with E-state index in [2.05, 4.69) is 34.2 Å². The van der Waals surface area contributed by atoms with Gasteiger partial charge in [0.15, 0.2) is 11.6 Å². The Hall–Kier alpha value is -1.88. The molecule has 0 amide bonds. The largest absolute Gasteiger partial charge is 0.381 e. The van der Waals surface area contributed by atoms with Gasteiger partial charge >= 0.3 is 0 Å². The van der Waals surface area contributed by atoms with Crippen LogP contribution in [0.1, 0.15) is 13.3 Å². The fourth-order valence-corrected chi connectivity index (χ4v) is 2.86. The van der Waals surface area contributed by atoms with E-state index in [1.54, 1.807) is 0 Å². The van der Waals surface area contributed by atoms with E-state index in [1.807, 2.05) is 24.3 Å². The molecule has 0 spiro atoms. The van der Waals surface area contributed by atoms with E-state index in [9.17, 15) is 0 Å². The Balaban J connectivity index is 1.85. The highest BCUT2D eigenvalue weighted by Crippen LogP contribution is 2.24. The van der Waals surface area contributed by atoms with E-state index in [0.29, 0.717) is 23.6 Å². The van der Waals surface area contributed by atoms with Crippen molar-refractivity contribution in [2.45, 2.75) is 19.4 Å². The molecular formula is C15H21N5. The van der Waals surface area contributed by atoms with Gasteiger partial charge in [0.1, 0.15) is 0 Å².